The molecule has 9 heteroatoms. The van der Waals surface area contributed by atoms with Crippen molar-refractivity contribution in [1.29, 1.82) is 0 Å². The van der Waals surface area contributed by atoms with Crippen molar-refractivity contribution in [2.45, 2.75) is 63.3 Å². The Hall–Kier alpha value is -2.45. The zero-order valence-electron chi connectivity index (χ0n) is 15.6. The van der Waals surface area contributed by atoms with Crippen LogP contribution in [0.4, 0.5) is 19.0 Å². The third-order valence-corrected chi connectivity index (χ3v) is 5.71. The second kappa shape index (κ2) is 7.18. The average Bonchev–Trinajstić information content (AvgIpc) is 3.35. The van der Waals surface area contributed by atoms with Gasteiger partial charge in [0.05, 0.1) is 18.5 Å². The maximum atomic E-state index is 13.7. The topological polar surface area (TPSA) is 63.3 Å². The van der Waals surface area contributed by atoms with E-state index in [4.69, 9.17) is 4.42 Å². The highest BCUT2D eigenvalue weighted by atomic mass is 19.4. The van der Waals surface area contributed by atoms with E-state index in [1.165, 1.54) is 12.5 Å². The number of hydrogen-bond acceptors (Lipinski definition) is 4. The van der Waals surface area contributed by atoms with Gasteiger partial charge in [0.15, 0.2) is 6.04 Å². The number of anilines is 1. The molecule has 28 heavy (non-hydrogen) atoms. The van der Waals surface area contributed by atoms with E-state index in [0.29, 0.717) is 12.3 Å². The SMILES string of the molecule is CC[C@H]1CCCCN1C(=O)c1cnn2c1N[C@@H](c1ccco1)C[C@@H]2C(F)(F)F. The fraction of sp³-hybridized carbons (Fsp3) is 0.579. The van der Waals surface area contributed by atoms with Crippen LogP contribution in [0.15, 0.2) is 29.0 Å². The fourth-order valence-electron chi connectivity index (χ4n) is 4.24. The van der Waals surface area contributed by atoms with E-state index in [-0.39, 0.29) is 29.8 Å². The number of nitrogens with zero attached hydrogens (tertiary/aromatic N) is 3. The fourth-order valence-corrected chi connectivity index (χ4v) is 4.24. The first kappa shape index (κ1) is 18.9. The molecule has 6 nitrogen and oxygen atoms in total. The summed E-state index contributed by atoms with van der Waals surface area (Å²) in [6.45, 7) is 2.64. The standard InChI is InChI=1S/C19H23F3N4O2/c1-2-12-6-3-4-8-25(12)18(27)13-11-23-26-16(19(20,21)22)10-14(24-17(13)26)15-7-5-9-28-15/h5,7,9,11-12,14,16,24H,2-4,6,8,10H2,1H3/t12-,14+,16+/m0/s1. The van der Waals surface area contributed by atoms with Gasteiger partial charge in [0, 0.05) is 19.0 Å². The number of hydrogen-bond donors (Lipinski definition) is 1. The summed E-state index contributed by atoms with van der Waals surface area (Å²) in [5.41, 5.74) is 0.186. The van der Waals surface area contributed by atoms with Crippen LogP contribution in [0.1, 0.15) is 67.2 Å². The van der Waals surface area contributed by atoms with E-state index in [1.54, 1.807) is 17.0 Å². The molecule has 0 aliphatic carbocycles. The molecule has 1 N–H and O–H groups in total. The number of likely N-dealkylation sites (tertiary alicyclic amines) is 1. The van der Waals surface area contributed by atoms with Gasteiger partial charge in [-0.3, -0.25) is 4.79 Å². The number of nitrogens with one attached hydrogen (secondary N) is 1. The summed E-state index contributed by atoms with van der Waals surface area (Å²) in [4.78, 5) is 15.0. The van der Waals surface area contributed by atoms with Gasteiger partial charge in [0.1, 0.15) is 17.1 Å². The van der Waals surface area contributed by atoms with Crippen molar-refractivity contribution >= 4 is 11.7 Å². The number of aromatic nitrogens is 2. The minimum absolute atomic E-state index is 0.111. The van der Waals surface area contributed by atoms with Gasteiger partial charge in [0.2, 0.25) is 0 Å². The molecule has 1 amide bonds. The van der Waals surface area contributed by atoms with Crippen LogP contribution in [0.25, 0.3) is 0 Å². The molecule has 0 unspecified atom stereocenters. The van der Waals surface area contributed by atoms with E-state index < -0.39 is 18.3 Å². The molecule has 2 aromatic rings. The van der Waals surface area contributed by atoms with Gasteiger partial charge in [-0.1, -0.05) is 6.92 Å². The van der Waals surface area contributed by atoms with Gasteiger partial charge in [-0.15, -0.1) is 0 Å². The highest BCUT2D eigenvalue weighted by Gasteiger charge is 2.48. The van der Waals surface area contributed by atoms with Crippen LogP contribution in [0.5, 0.6) is 0 Å². The van der Waals surface area contributed by atoms with E-state index >= 15 is 0 Å². The molecule has 4 rings (SSSR count). The molecular formula is C19H23F3N4O2. The number of alkyl halides is 3. The number of rotatable bonds is 3. The maximum Gasteiger partial charge on any atom is 0.410 e. The van der Waals surface area contributed by atoms with Crippen LogP contribution < -0.4 is 5.32 Å². The van der Waals surface area contributed by atoms with E-state index in [9.17, 15) is 18.0 Å². The van der Waals surface area contributed by atoms with Crippen LogP contribution in [0, 0.1) is 0 Å². The van der Waals surface area contributed by atoms with Gasteiger partial charge in [-0.25, -0.2) is 4.68 Å². The van der Waals surface area contributed by atoms with E-state index in [0.717, 1.165) is 30.4 Å². The first-order chi connectivity index (χ1) is 13.4. The predicted octanol–water partition coefficient (Wildman–Crippen LogP) is 4.54. The second-order valence-electron chi connectivity index (χ2n) is 7.41. The summed E-state index contributed by atoms with van der Waals surface area (Å²) >= 11 is 0. The Labute approximate surface area is 160 Å². The molecule has 0 bridgehead atoms. The number of amides is 1. The summed E-state index contributed by atoms with van der Waals surface area (Å²) in [5.74, 6) is 0.256. The van der Waals surface area contributed by atoms with Crippen molar-refractivity contribution in [3.8, 4) is 0 Å². The molecule has 2 aliphatic heterocycles. The quantitative estimate of drug-likeness (QED) is 0.827. The molecule has 0 aromatic carbocycles. The second-order valence-corrected chi connectivity index (χ2v) is 7.41. The Kier molecular flexibility index (Phi) is 4.84. The molecule has 0 saturated carbocycles. The maximum absolute atomic E-state index is 13.7. The van der Waals surface area contributed by atoms with Gasteiger partial charge in [-0.05, 0) is 37.8 Å². The highest BCUT2D eigenvalue weighted by molar-refractivity contribution is 5.99. The van der Waals surface area contributed by atoms with Crippen molar-refractivity contribution in [3.05, 3.63) is 35.9 Å². The number of carbonyl (C=O) groups is 1. The van der Waals surface area contributed by atoms with E-state index in [1.807, 2.05) is 6.92 Å². The van der Waals surface area contributed by atoms with Crippen molar-refractivity contribution in [3.63, 3.8) is 0 Å². The number of fused-ring (bicyclic) bond motifs is 1. The van der Waals surface area contributed by atoms with Gasteiger partial charge in [0.25, 0.3) is 5.91 Å². The van der Waals surface area contributed by atoms with Crippen molar-refractivity contribution in [1.82, 2.24) is 14.7 Å². The zero-order valence-corrected chi connectivity index (χ0v) is 15.6. The molecule has 4 heterocycles. The third-order valence-electron chi connectivity index (χ3n) is 5.71. The van der Waals surface area contributed by atoms with Gasteiger partial charge >= 0.3 is 6.18 Å². The lowest BCUT2D eigenvalue weighted by Gasteiger charge is -2.36. The largest absolute Gasteiger partial charge is 0.467 e. The molecule has 1 fully saturated rings. The monoisotopic (exact) mass is 396 g/mol. The summed E-state index contributed by atoms with van der Waals surface area (Å²) in [7, 11) is 0. The molecule has 152 valence electrons. The minimum atomic E-state index is -4.48. The molecular weight excluding hydrogens is 373 g/mol. The molecule has 1 saturated heterocycles. The summed E-state index contributed by atoms with van der Waals surface area (Å²) in [5, 5.41) is 7.01. The van der Waals surface area contributed by atoms with Crippen LogP contribution in [0.3, 0.4) is 0 Å². The highest BCUT2D eigenvalue weighted by Crippen LogP contribution is 2.44. The predicted molar refractivity (Wildman–Crippen MR) is 96.0 cm³/mol. The number of piperidine rings is 1. The Morgan fingerprint density at radius 1 is 1.39 bits per heavy atom. The first-order valence-corrected chi connectivity index (χ1v) is 9.65. The molecule has 0 radical (unpaired) electrons. The third kappa shape index (κ3) is 3.27. The van der Waals surface area contributed by atoms with E-state index in [2.05, 4.69) is 10.4 Å². The number of furan rings is 1. The smallest absolute Gasteiger partial charge is 0.410 e. The van der Waals surface area contributed by atoms with Crippen LogP contribution >= 0.6 is 0 Å². The van der Waals surface area contributed by atoms with Gasteiger partial charge in [-0.2, -0.15) is 18.3 Å². The zero-order chi connectivity index (χ0) is 19.9. The van der Waals surface area contributed by atoms with Crippen molar-refractivity contribution in [2.75, 3.05) is 11.9 Å². The average molecular weight is 396 g/mol. The molecule has 3 atom stereocenters. The van der Waals surface area contributed by atoms with Crippen LogP contribution in [-0.4, -0.2) is 39.4 Å². The Morgan fingerprint density at radius 3 is 2.89 bits per heavy atom. The first-order valence-electron chi connectivity index (χ1n) is 9.65. The lowest BCUT2D eigenvalue weighted by Crippen LogP contribution is -2.44. The number of halogens is 3. The summed E-state index contributed by atoms with van der Waals surface area (Å²) in [6, 6.07) is 0.886. The van der Waals surface area contributed by atoms with Crippen molar-refractivity contribution < 1.29 is 22.4 Å². The summed E-state index contributed by atoms with van der Waals surface area (Å²) in [6.07, 6.45) is 1.66. The lowest BCUT2D eigenvalue weighted by molar-refractivity contribution is -0.174. The molecule has 2 aliphatic rings. The molecule has 0 spiro atoms. The normalized spacial score (nSPS) is 25.3. The molecule has 2 aromatic heterocycles. The van der Waals surface area contributed by atoms with Crippen LogP contribution in [-0.2, 0) is 0 Å². The Balaban J connectivity index is 1.70. The Bertz CT molecular complexity index is 831. The van der Waals surface area contributed by atoms with Crippen molar-refractivity contribution in [2.24, 2.45) is 0 Å². The van der Waals surface area contributed by atoms with Crippen LogP contribution in [0.2, 0.25) is 0 Å². The Morgan fingerprint density at radius 2 is 2.21 bits per heavy atom. The number of carbonyl (C=O) groups excluding carboxylic acids is 1. The summed E-state index contributed by atoms with van der Waals surface area (Å²) < 4.78 is 47.3. The van der Waals surface area contributed by atoms with Gasteiger partial charge < -0.3 is 14.6 Å². The minimum Gasteiger partial charge on any atom is -0.467 e. The lowest BCUT2D eigenvalue weighted by atomic mass is 9.98.